The van der Waals surface area contributed by atoms with Crippen LogP contribution >= 0.6 is 50.7 Å². The van der Waals surface area contributed by atoms with Crippen LogP contribution in [0.3, 0.4) is 0 Å². The molecule has 2 atom stereocenters. The minimum Gasteiger partial charge on any atom is -0.488 e. The van der Waals surface area contributed by atoms with E-state index in [-0.39, 0.29) is 17.5 Å². The Morgan fingerprint density at radius 3 is 2.38 bits per heavy atom. The monoisotopic (exact) mass is 667 g/mol. The molecule has 2 N–H and O–H groups in total. The molecular weight excluding hydrogens is 641 g/mol. The topological polar surface area (TPSA) is 89.0 Å². The Morgan fingerprint density at radius 2 is 1.68 bits per heavy atom. The summed E-state index contributed by atoms with van der Waals surface area (Å²) in [7, 11) is 0. The van der Waals surface area contributed by atoms with Gasteiger partial charge in [0.25, 0.3) is 11.8 Å². The van der Waals surface area contributed by atoms with E-state index >= 15 is 0 Å². The summed E-state index contributed by atoms with van der Waals surface area (Å²) in [5.74, 6) is 0.0446. The summed E-state index contributed by atoms with van der Waals surface area (Å²) < 4.78 is 12.5. The van der Waals surface area contributed by atoms with Crippen LogP contribution in [0.1, 0.15) is 38.3 Å². The Kier molecular flexibility index (Phi) is 12.1. The molecule has 3 aromatic carbocycles. The van der Waals surface area contributed by atoms with Gasteiger partial charge in [0, 0.05) is 25.6 Å². The predicted molar refractivity (Wildman–Crippen MR) is 164 cm³/mol. The van der Waals surface area contributed by atoms with Crippen molar-refractivity contribution in [2.75, 3.05) is 0 Å². The third-order valence-corrected chi connectivity index (χ3v) is 6.99. The number of nitrogens with one attached hydrogen (secondary N) is 2. The molecule has 3 rings (SSSR count). The van der Waals surface area contributed by atoms with Gasteiger partial charge in [-0.25, -0.2) is 5.43 Å². The molecule has 0 heterocycles. The molecule has 0 aromatic heterocycles. The summed E-state index contributed by atoms with van der Waals surface area (Å²) in [6.07, 6.45) is 0.960. The van der Waals surface area contributed by atoms with Crippen LogP contribution in [-0.2, 0) is 16.2 Å². The average molecular weight is 670 g/mol. The van der Waals surface area contributed by atoms with Gasteiger partial charge in [0.15, 0.2) is 6.10 Å². The van der Waals surface area contributed by atoms with Crippen LogP contribution in [0.5, 0.6) is 11.5 Å². The molecule has 0 fully saturated rings. The fourth-order valence-corrected chi connectivity index (χ4v) is 4.59. The smallest absolute Gasteiger partial charge is 0.262 e. The van der Waals surface area contributed by atoms with Crippen molar-refractivity contribution < 1.29 is 19.1 Å². The Hall–Kier alpha value is -2.78. The zero-order valence-electron chi connectivity index (χ0n) is 22.1. The second kappa shape index (κ2) is 15.3. The highest BCUT2D eigenvalue weighted by Crippen LogP contribution is 2.28. The second-order valence-corrected chi connectivity index (χ2v) is 11.5. The van der Waals surface area contributed by atoms with E-state index in [1.165, 1.54) is 12.3 Å². The molecule has 0 saturated carbocycles. The second-order valence-electron chi connectivity index (χ2n) is 9.32. The first kappa shape index (κ1) is 31.7. The summed E-state index contributed by atoms with van der Waals surface area (Å²) in [5, 5.41) is 8.20. The van der Waals surface area contributed by atoms with E-state index < -0.39 is 24.0 Å². The molecular formula is C29H29BrCl3N3O4. The lowest BCUT2D eigenvalue weighted by Gasteiger charge is -2.22. The van der Waals surface area contributed by atoms with Gasteiger partial charge in [0.1, 0.15) is 24.1 Å². The van der Waals surface area contributed by atoms with Crippen molar-refractivity contribution >= 4 is 68.8 Å². The maximum atomic E-state index is 13.0. The molecule has 2 amide bonds. The van der Waals surface area contributed by atoms with Crippen LogP contribution < -0.4 is 20.2 Å². The molecule has 0 spiro atoms. The van der Waals surface area contributed by atoms with Crippen LogP contribution in [0.2, 0.25) is 15.1 Å². The predicted octanol–water partition coefficient (Wildman–Crippen LogP) is 7.44. The van der Waals surface area contributed by atoms with Gasteiger partial charge in [-0.05, 0) is 61.7 Å². The maximum Gasteiger partial charge on any atom is 0.262 e. The van der Waals surface area contributed by atoms with E-state index in [1.807, 2.05) is 44.2 Å². The molecule has 7 nitrogen and oxygen atoms in total. The molecule has 0 aliphatic heterocycles. The summed E-state index contributed by atoms with van der Waals surface area (Å²) in [5.41, 5.74) is 4.00. The largest absolute Gasteiger partial charge is 0.488 e. The van der Waals surface area contributed by atoms with Crippen LogP contribution in [-0.4, -0.2) is 30.2 Å². The number of rotatable bonds is 12. The number of amides is 2. The first-order valence-electron chi connectivity index (χ1n) is 12.4. The van der Waals surface area contributed by atoms with E-state index in [0.717, 1.165) is 10.0 Å². The molecule has 0 aliphatic carbocycles. The number of benzene rings is 3. The minimum atomic E-state index is -0.913. The number of nitrogens with zero attached hydrogens (tertiary/aromatic N) is 1. The van der Waals surface area contributed by atoms with Crippen molar-refractivity contribution in [1.82, 2.24) is 10.7 Å². The number of hydrogen-bond donors (Lipinski definition) is 2. The van der Waals surface area contributed by atoms with Crippen molar-refractivity contribution in [1.29, 1.82) is 0 Å². The number of hydrazone groups is 1. The fraction of sp³-hybridized carbons (Fsp3) is 0.276. The van der Waals surface area contributed by atoms with Crippen LogP contribution in [0.15, 0.2) is 70.2 Å². The first-order chi connectivity index (χ1) is 19.0. The number of hydrogen-bond acceptors (Lipinski definition) is 5. The van der Waals surface area contributed by atoms with Gasteiger partial charge in [0.2, 0.25) is 0 Å². The third kappa shape index (κ3) is 9.70. The quantitative estimate of drug-likeness (QED) is 0.155. The number of ether oxygens (including phenoxy) is 2. The van der Waals surface area contributed by atoms with E-state index in [4.69, 9.17) is 44.3 Å². The number of carbonyl (C=O) groups excluding carboxylic acids is 2. The molecule has 0 saturated heterocycles. The highest BCUT2D eigenvalue weighted by Gasteiger charge is 2.25. The van der Waals surface area contributed by atoms with Crippen molar-refractivity contribution in [3.05, 3.63) is 91.3 Å². The molecule has 11 heteroatoms. The van der Waals surface area contributed by atoms with Gasteiger partial charge in [0.05, 0.1) is 11.2 Å². The highest BCUT2D eigenvalue weighted by molar-refractivity contribution is 9.10. The Balaban J connectivity index is 1.65. The summed E-state index contributed by atoms with van der Waals surface area (Å²) in [6, 6.07) is 16.7. The summed E-state index contributed by atoms with van der Waals surface area (Å²) in [4.78, 5) is 25.9. The molecule has 0 unspecified atom stereocenters. The first-order valence-corrected chi connectivity index (χ1v) is 14.4. The lowest BCUT2D eigenvalue weighted by Crippen LogP contribution is -2.49. The SMILES string of the molecule is CC(C)C[C@@H](NC(=O)[C@H](C)Oc1ccc(Cl)cc1Cl)C(=O)N/N=C\c1cc(Br)ccc1OCc1ccccc1Cl. The minimum absolute atomic E-state index is 0.122. The molecule has 212 valence electrons. The Labute approximate surface area is 257 Å². The third-order valence-electron chi connectivity index (χ3n) is 5.60. The number of halogens is 4. The Morgan fingerprint density at radius 1 is 0.950 bits per heavy atom. The highest BCUT2D eigenvalue weighted by atomic mass is 79.9. The fourth-order valence-electron chi connectivity index (χ4n) is 3.57. The lowest BCUT2D eigenvalue weighted by molar-refractivity contribution is -0.132. The van der Waals surface area contributed by atoms with Crippen LogP contribution in [0.25, 0.3) is 0 Å². The van der Waals surface area contributed by atoms with E-state index in [2.05, 4.69) is 31.8 Å². The van der Waals surface area contributed by atoms with Crippen molar-refractivity contribution in [2.45, 2.75) is 45.9 Å². The van der Waals surface area contributed by atoms with Crippen molar-refractivity contribution in [3.8, 4) is 11.5 Å². The maximum absolute atomic E-state index is 13.0. The van der Waals surface area contributed by atoms with Crippen LogP contribution in [0, 0.1) is 5.92 Å². The van der Waals surface area contributed by atoms with E-state index in [0.29, 0.717) is 33.5 Å². The van der Waals surface area contributed by atoms with Gasteiger partial charge in [-0.1, -0.05) is 82.8 Å². The molecule has 0 aliphatic rings. The van der Waals surface area contributed by atoms with Crippen molar-refractivity contribution in [3.63, 3.8) is 0 Å². The van der Waals surface area contributed by atoms with E-state index in [1.54, 1.807) is 31.2 Å². The van der Waals surface area contributed by atoms with Crippen molar-refractivity contribution in [2.24, 2.45) is 11.0 Å². The van der Waals surface area contributed by atoms with Crippen LogP contribution in [0.4, 0.5) is 0 Å². The van der Waals surface area contributed by atoms with Gasteiger partial charge in [-0.3, -0.25) is 9.59 Å². The molecule has 3 aromatic rings. The molecule has 40 heavy (non-hydrogen) atoms. The Bertz CT molecular complexity index is 1370. The molecule has 0 bridgehead atoms. The summed E-state index contributed by atoms with van der Waals surface area (Å²) >= 11 is 21.8. The van der Waals surface area contributed by atoms with Gasteiger partial charge >= 0.3 is 0 Å². The molecule has 0 radical (unpaired) electrons. The van der Waals surface area contributed by atoms with Gasteiger partial charge in [-0.2, -0.15) is 5.10 Å². The zero-order chi connectivity index (χ0) is 29.2. The average Bonchev–Trinajstić information content (AvgIpc) is 2.89. The summed E-state index contributed by atoms with van der Waals surface area (Å²) in [6.45, 7) is 5.74. The van der Waals surface area contributed by atoms with E-state index in [9.17, 15) is 9.59 Å². The lowest BCUT2D eigenvalue weighted by atomic mass is 10.0. The normalized spacial score (nSPS) is 12.7. The standard InChI is InChI=1S/C29H29BrCl3N3O4/c1-17(2)12-25(35-28(37)18(3)40-27-11-9-22(31)14-24(27)33)29(38)36-34-15-20-13-21(30)8-10-26(20)39-16-19-6-4-5-7-23(19)32/h4-11,13-15,17-18,25H,12,16H2,1-3H3,(H,35,37)(H,36,38)/b34-15-/t18-,25+/m0/s1. The van der Waals surface area contributed by atoms with Gasteiger partial charge in [-0.15, -0.1) is 0 Å². The zero-order valence-corrected chi connectivity index (χ0v) is 25.9. The number of carbonyl (C=O) groups is 2. The van der Waals surface area contributed by atoms with Gasteiger partial charge < -0.3 is 14.8 Å².